The topological polar surface area (TPSA) is 78.4 Å². The summed E-state index contributed by atoms with van der Waals surface area (Å²) in [6.07, 6.45) is 2.99. The minimum Gasteiger partial charge on any atom is -0.390 e. The van der Waals surface area contributed by atoms with Gasteiger partial charge in [0.1, 0.15) is 6.04 Å². The van der Waals surface area contributed by atoms with Crippen LogP contribution in [0.25, 0.3) is 0 Å². The Morgan fingerprint density at radius 3 is 2.64 bits per heavy atom. The number of piperidine rings is 1. The number of aliphatic hydroxyl groups is 1. The first-order valence-corrected chi connectivity index (χ1v) is 7.75. The zero-order valence-corrected chi connectivity index (χ0v) is 13.2. The minimum absolute atomic E-state index is 0.110. The normalized spacial score (nSPS) is 18.7. The Labute approximate surface area is 131 Å². The highest BCUT2D eigenvalue weighted by molar-refractivity contribution is 5.97. The third kappa shape index (κ3) is 4.84. The molecule has 0 spiro atoms. The largest absolute Gasteiger partial charge is 0.390 e. The number of hydrogen-bond acceptors (Lipinski definition) is 3. The van der Waals surface area contributed by atoms with Gasteiger partial charge in [-0.2, -0.15) is 0 Å². The van der Waals surface area contributed by atoms with E-state index in [9.17, 15) is 14.7 Å². The predicted molar refractivity (Wildman–Crippen MR) is 84.6 cm³/mol. The van der Waals surface area contributed by atoms with Crippen molar-refractivity contribution in [3.63, 3.8) is 0 Å². The van der Waals surface area contributed by atoms with Gasteiger partial charge >= 0.3 is 0 Å². The number of nitrogens with one attached hydrogen (secondary N) is 2. The second-order valence-electron chi connectivity index (χ2n) is 6.47. The maximum Gasteiger partial charge on any atom is 0.251 e. The van der Waals surface area contributed by atoms with E-state index in [0.29, 0.717) is 24.9 Å². The molecule has 22 heavy (non-hydrogen) atoms. The Hall–Kier alpha value is -1.88. The van der Waals surface area contributed by atoms with Crippen LogP contribution in [0.15, 0.2) is 24.3 Å². The van der Waals surface area contributed by atoms with E-state index in [1.165, 1.54) is 0 Å². The summed E-state index contributed by atoms with van der Waals surface area (Å²) in [7, 11) is 0. The molecule has 1 aromatic rings. The van der Waals surface area contributed by atoms with Crippen molar-refractivity contribution in [3.8, 4) is 0 Å². The van der Waals surface area contributed by atoms with Crippen LogP contribution in [-0.2, 0) is 11.2 Å². The van der Waals surface area contributed by atoms with E-state index in [0.717, 1.165) is 18.4 Å². The van der Waals surface area contributed by atoms with Gasteiger partial charge in [0, 0.05) is 12.1 Å². The van der Waals surface area contributed by atoms with E-state index in [1.54, 1.807) is 26.0 Å². The molecule has 1 fully saturated rings. The lowest BCUT2D eigenvalue weighted by atomic mass is 9.98. The molecule has 1 saturated heterocycles. The molecule has 0 unspecified atom stereocenters. The van der Waals surface area contributed by atoms with Crippen LogP contribution in [0.1, 0.15) is 49.0 Å². The molecule has 5 heteroatoms. The molecule has 0 saturated carbocycles. The fourth-order valence-corrected chi connectivity index (χ4v) is 2.42. The van der Waals surface area contributed by atoms with Crippen LogP contribution in [0, 0.1) is 0 Å². The summed E-state index contributed by atoms with van der Waals surface area (Å²) in [5, 5.41) is 15.2. The van der Waals surface area contributed by atoms with Crippen molar-refractivity contribution in [3.05, 3.63) is 35.4 Å². The highest BCUT2D eigenvalue weighted by atomic mass is 16.3. The van der Waals surface area contributed by atoms with Crippen molar-refractivity contribution in [1.82, 2.24) is 10.6 Å². The first kappa shape index (κ1) is 16.5. The first-order chi connectivity index (χ1) is 10.3. The summed E-state index contributed by atoms with van der Waals surface area (Å²) < 4.78 is 0. The number of benzene rings is 1. The lowest BCUT2D eigenvalue weighted by Gasteiger charge is -2.22. The van der Waals surface area contributed by atoms with Crippen molar-refractivity contribution in [2.45, 2.75) is 51.2 Å². The zero-order chi connectivity index (χ0) is 16.2. The molecule has 1 atom stereocenters. The number of hydrogen-bond donors (Lipinski definition) is 3. The van der Waals surface area contributed by atoms with Crippen molar-refractivity contribution >= 4 is 11.8 Å². The number of aryl methyl sites for hydroxylation is 1. The Balaban J connectivity index is 1.92. The quantitative estimate of drug-likeness (QED) is 0.769. The number of carbonyl (C=O) groups is 2. The molecule has 1 aliphatic rings. The third-order valence-electron chi connectivity index (χ3n) is 3.83. The summed E-state index contributed by atoms with van der Waals surface area (Å²) in [6.45, 7) is 4.25. The van der Waals surface area contributed by atoms with Crippen LogP contribution in [0.2, 0.25) is 0 Å². The van der Waals surface area contributed by atoms with Crippen LogP contribution in [0.5, 0.6) is 0 Å². The SMILES string of the molecule is CC(C)(O)CCc1ccc(C(=O)N[C@H]2CCCNC2=O)cc1. The van der Waals surface area contributed by atoms with E-state index in [-0.39, 0.29) is 11.8 Å². The summed E-state index contributed by atoms with van der Waals surface area (Å²) in [4.78, 5) is 23.8. The molecule has 2 rings (SSSR count). The Morgan fingerprint density at radius 2 is 2.05 bits per heavy atom. The zero-order valence-electron chi connectivity index (χ0n) is 13.2. The van der Waals surface area contributed by atoms with Gasteiger partial charge in [-0.3, -0.25) is 9.59 Å². The summed E-state index contributed by atoms with van der Waals surface area (Å²) in [5.74, 6) is -0.336. The van der Waals surface area contributed by atoms with Gasteiger partial charge in [0.25, 0.3) is 5.91 Å². The van der Waals surface area contributed by atoms with E-state index in [1.807, 2.05) is 12.1 Å². The maximum atomic E-state index is 12.2. The molecule has 5 nitrogen and oxygen atoms in total. The lowest BCUT2D eigenvalue weighted by Crippen LogP contribution is -2.50. The van der Waals surface area contributed by atoms with Crippen LogP contribution in [-0.4, -0.2) is 35.1 Å². The van der Waals surface area contributed by atoms with E-state index in [4.69, 9.17) is 0 Å². The number of rotatable bonds is 5. The average molecular weight is 304 g/mol. The van der Waals surface area contributed by atoms with E-state index in [2.05, 4.69) is 10.6 Å². The average Bonchev–Trinajstić information content (AvgIpc) is 2.47. The molecule has 3 N–H and O–H groups in total. The molecule has 1 aliphatic heterocycles. The molecule has 1 aromatic carbocycles. The van der Waals surface area contributed by atoms with Gasteiger partial charge in [0.2, 0.25) is 5.91 Å². The predicted octanol–water partition coefficient (Wildman–Crippen LogP) is 1.40. The maximum absolute atomic E-state index is 12.2. The van der Waals surface area contributed by atoms with Crippen LogP contribution < -0.4 is 10.6 Å². The van der Waals surface area contributed by atoms with Crippen molar-refractivity contribution < 1.29 is 14.7 Å². The fourth-order valence-electron chi connectivity index (χ4n) is 2.42. The third-order valence-corrected chi connectivity index (χ3v) is 3.83. The van der Waals surface area contributed by atoms with Gasteiger partial charge in [-0.25, -0.2) is 0 Å². The van der Waals surface area contributed by atoms with Crippen molar-refractivity contribution in [2.24, 2.45) is 0 Å². The smallest absolute Gasteiger partial charge is 0.251 e. The summed E-state index contributed by atoms with van der Waals surface area (Å²) >= 11 is 0. The van der Waals surface area contributed by atoms with Gasteiger partial charge in [-0.1, -0.05) is 12.1 Å². The van der Waals surface area contributed by atoms with Gasteiger partial charge < -0.3 is 15.7 Å². The standard InChI is InChI=1S/C17H24N2O3/c1-17(2,22)10-9-12-5-7-13(8-6-12)15(20)19-14-4-3-11-18-16(14)21/h5-8,14,22H,3-4,9-11H2,1-2H3,(H,18,21)(H,19,20)/t14-/m0/s1. The molecule has 120 valence electrons. The summed E-state index contributed by atoms with van der Waals surface area (Å²) in [6, 6.07) is 6.87. The van der Waals surface area contributed by atoms with Crippen molar-refractivity contribution in [2.75, 3.05) is 6.54 Å². The second-order valence-corrected chi connectivity index (χ2v) is 6.47. The molecule has 0 aliphatic carbocycles. The van der Waals surface area contributed by atoms with E-state index >= 15 is 0 Å². The Kier molecular flexibility index (Phi) is 5.19. The number of amides is 2. The minimum atomic E-state index is -0.690. The van der Waals surface area contributed by atoms with Crippen LogP contribution >= 0.6 is 0 Å². The van der Waals surface area contributed by atoms with Crippen LogP contribution in [0.3, 0.4) is 0 Å². The fraction of sp³-hybridized carbons (Fsp3) is 0.529. The molecule has 2 amide bonds. The van der Waals surface area contributed by atoms with Crippen molar-refractivity contribution in [1.29, 1.82) is 0 Å². The van der Waals surface area contributed by atoms with Gasteiger partial charge in [0.05, 0.1) is 5.60 Å². The van der Waals surface area contributed by atoms with Gasteiger partial charge in [-0.15, -0.1) is 0 Å². The lowest BCUT2D eigenvalue weighted by molar-refractivity contribution is -0.124. The Bertz CT molecular complexity index is 532. The molecule has 0 radical (unpaired) electrons. The first-order valence-electron chi connectivity index (χ1n) is 7.75. The monoisotopic (exact) mass is 304 g/mol. The number of carbonyl (C=O) groups excluding carboxylic acids is 2. The summed E-state index contributed by atoms with van der Waals surface area (Å²) in [5.41, 5.74) is 0.934. The highest BCUT2D eigenvalue weighted by Gasteiger charge is 2.23. The van der Waals surface area contributed by atoms with Gasteiger partial charge in [0.15, 0.2) is 0 Å². The molecular weight excluding hydrogens is 280 g/mol. The molecular formula is C17H24N2O3. The van der Waals surface area contributed by atoms with Gasteiger partial charge in [-0.05, 0) is 57.2 Å². The second kappa shape index (κ2) is 6.92. The molecule has 1 heterocycles. The Morgan fingerprint density at radius 1 is 1.36 bits per heavy atom. The molecule has 0 aromatic heterocycles. The van der Waals surface area contributed by atoms with Crippen LogP contribution in [0.4, 0.5) is 0 Å². The highest BCUT2D eigenvalue weighted by Crippen LogP contribution is 2.14. The molecule has 0 bridgehead atoms. The van der Waals surface area contributed by atoms with E-state index < -0.39 is 11.6 Å².